The van der Waals surface area contributed by atoms with Crippen LogP contribution in [-0.4, -0.2) is 42.6 Å². The fraction of sp³-hybridized carbons (Fsp3) is 0.562. The van der Waals surface area contributed by atoms with Gasteiger partial charge in [0.05, 0.1) is 0 Å². The third-order valence-electron chi connectivity index (χ3n) is 3.49. The molecule has 1 aromatic rings. The molecule has 2 unspecified atom stereocenters. The van der Waals surface area contributed by atoms with E-state index in [1.165, 1.54) is 12.1 Å². The Morgan fingerprint density at radius 3 is 2.57 bits per heavy atom. The van der Waals surface area contributed by atoms with Gasteiger partial charge in [-0.1, -0.05) is 19.9 Å². The average molecular weight is 296 g/mol. The predicted octanol–water partition coefficient (Wildman–Crippen LogP) is 2.44. The molecule has 21 heavy (non-hydrogen) atoms. The summed E-state index contributed by atoms with van der Waals surface area (Å²) in [6.45, 7) is 10.4. The van der Waals surface area contributed by atoms with Crippen molar-refractivity contribution in [2.75, 3.05) is 19.6 Å². The molecule has 5 heteroatoms. The maximum Gasteiger partial charge on any atom is 0.260 e. The number of ether oxygens (including phenoxy) is 1. The molecular weight excluding hydrogens is 271 g/mol. The van der Waals surface area contributed by atoms with Crippen LogP contribution in [0.3, 0.4) is 0 Å². The van der Waals surface area contributed by atoms with Crippen LogP contribution in [0.4, 0.5) is 4.39 Å². The molecule has 4 nitrogen and oxygen atoms in total. The minimum Gasteiger partial charge on any atom is -0.481 e. The summed E-state index contributed by atoms with van der Waals surface area (Å²) in [6.07, 6.45) is -0.657. The first-order valence-corrected chi connectivity index (χ1v) is 7.41. The van der Waals surface area contributed by atoms with Crippen molar-refractivity contribution >= 4 is 5.91 Å². The Bertz CT molecular complexity index is 450. The minimum atomic E-state index is -0.657. The quantitative estimate of drug-likeness (QED) is 0.801. The Hall–Kier alpha value is -1.62. The lowest BCUT2D eigenvalue weighted by atomic mass is 10.2. The van der Waals surface area contributed by atoms with Crippen molar-refractivity contribution in [1.29, 1.82) is 0 Å². The summed E-state index contributed by atoms with van der Waals surface area (Å²) < 4.78 is 18.5. The lowest BCUT2D eigenvalue weighted by Crippen LogP contribution is -2.45. The molecule has 0 bridgehead atoms. The van der Waals surface area contributed by atoms with Crippen molar-refractivity contribution in [2.45, 2.75) is 39.8 Å². The number of rotatable bonds is 8. The van der Waals surface area contributed by atoms with Gasteiger partial charge in [-0.2, -0.15) is 0 Å². The molecule has 1 aromatic carbocycles. The maximum atomic E-state index is 13.1. The van der Waals surface area contributed by atoms with Gasteiger partial charge in [-0.05, 0) is 39.1 Å². The van der Waals surface area contributed by atoms with Crippen molar-refractivity contribution < 1.29 is 13.9 Å². The fourth-order valence-corrected chi connectivity index (χ4v) is 2.17. The molecule has 0 spiro atoms. The van der Waals surface area contributed by atoms with Crippen LogP contribution in [0.1, 0.15) is 27.7 Å². The van der Waals surface area contributed by atoms with Crippen LogP contribution in [0.15, 0.2) is 24.3 Å². The fourth-order valence-electron chi connectivity index (χ4n) is 2.17. The van der Waals surface area contributed by atoms with E-state index in [1.54, 1.807) is 19.1 Å². The van der Waals surface area contributed by atoms with Crippen molar-refractivity contribution in [1.82, 2.24) is 10.2 Å². The Morgan fingerprint density at radius 2 is 2.00 bits per heavy atom. The van der Waals surface area contributed by atoms with Crippen LogP contribution >= 0.6 is 0 Å². The van der Waals surface area contributed by atoms with E-state index < -0.39 is 6.10 Å². The summed E-state index contributed by atoms with van der Waals surface area (Å²) in [5, 5.41) is 2.87. The monoisotopic (exact) mass is 296 g/mol. The third-order valence-corrected chi connectivity index (χ3v) is 3.49. The number of nitrogens with zero attached hydrogens (tertiary/aromatic N) is 1. The van der Waals surface area contributed by atoms with Gasteiger partial charge >= 0.3 is 0 Å². The van der Waals surface area contributed by atoms with Gasteiger partial charge in [0.1, 0.15) is 11.6 Å². The first kappa shape index (κ1) is 17.4. The molecule has 0 radical (unpaired) electrons. The number of nitrogens with one attached hydrogen (secondary N) is 1. The van der Waals surface area contributed by atoms with Crippen LogP contribution in [0.2, 0.25) is 0 Å². The third kappa shape index (κ3) is 5.71. The van der Waals surface area contributed by atoms with E-state index in [0.29, 0.717) is 12.3 Å². The number of hydrogen-bond donors (Lipinski definition) is 1. The van der Waals surface area contributed by atoms with E-state index in [0.717, 1.165) is 13.1 Å². The minimum absolute atomic E-state index is 0.196. The highest BCUT2D eigenvalue weighted by atomic mass is 19.1. The highest BCUT2D eigenvalue weighted by Crippen LogP contribution is 2.13. The molecule has 0 fully saturated rings. The van der Waals surface area contributed by atoms with Crippen LogP contribution < -0.4 is 10.1 Å². The Kier molecular flexibility index (Phi) is 7.15. The molecule has 0 aliphatic heterocycles. The van der Waals surface area contributed by atoms with Crippen molar-refractivity contribution in [3.63, 3.8) is 0 Å². The van der Waals surface area contributed by atoms with Gasteiger partial charge in [-0.3, -0.25) is 9.69 Å². The smallest absolute Gasteiger partial charge is 0.260 e. The first-order valence-electron chi connectivity index (χ1n) is 7.41. The summed E-state index contributed by atoms with van der Waals surface area (Å²) in [7, 11) is 0. The SMILES string of the molecule is CCN(CC)C(C)CNC(=O)C(C)Oc1cccc(F)c1. The van der Waals surface area contributed by atoms with Gasteiger partial charge in [0.25, 0.3) is 5.91 Å². The van der Waals surface area contributed by atoms with Crippen LogP contribution in [0.25, 0.3) is 0 Å². The number of benzene rings is 1. The van der Waals surface area contributed by atoms with E-state index in [4.69, 9.17) is 4.74 Å². The number of amides is 1. The Morgan fingerprint density at radius 1 is 1.33 bits per heavy atom. The summed E-state index contributed by atoms with van der Waals surface area (Å²) in [5.41, 5.74) is 0. The molecule has 0 saturated heterocycles. The second-order valence-electron chi connectivity index (χ2n) is 5.03. The zero-order chi connectivity index (χ0) is 15.8. The second-order valence-corrected chi connectivity index (χ2v) is 5.03. The van der Waals surface area contributed by atoms with Crippen molar-refractivity contribution in [3.05, 3.63) is 30.1 Å². The van der Waals surface area contributed by atoms with Gasteiger partial charge in [-0.25, -0.2) is 4.39 Å². The molecule has 118 valence electrons. The number of likely N-dealkylation sites (N-methyl/N-ethyl adjacent to an activating group) is 1. The summed E-state index contributed by atoms with van der Waals surface area (Å²) >= 11 is 0. The summed E-state index contributed by atoms with van der Waals surface area (Å²) in [6, 6.07) is 6.06. The standard InChI is InChI=1S/C16H25FN2O2/c1-5-19(6-2)12(3)11-18-16(20)13(4)21-15-9-7-8-14(17)10-15/h7-10,12-13H,5-6,11H2,1-4H3,(H,18,20). The van der Waals surface area contributed by atoms with E-state index >= 15 is 0 Å². The molecular formula is C16H25FN2O2. The molecule has 2 atom stereocenters. The topological polar surface area (TPSA) is 41.6 Å². The molecule has 1 N–H and O–H groups in total. The van der Waals surface area contributed by atoms with Gasteiger partial charge in [0.2, 0.25) is 0 Å². The molecule has 0 aromatic heterocycles. The average Bonchev–Trinajstić information content (AvgIpc) is 2.46. The van der Waals surface area contributed by atoms with Crippen LogP contribution in [-0.2, 0) is 4.79 Å². The van der Waals surface area contributed by atoms with E-state index in [-0.39, 0.29) is 17.8 Å². The highest BCUT2D eigenvalue weighted by molar-refractivity contribution is 5.80. The zero-order valence-electron chi connectivity index (χ0n) is 13.2. The Labute approximate surface area is 126 Å². The van der Waals surface area contributed by atoms with Gasteiger partial charge in [-0.15, -0.1) is 0 Å². The van der Waals surface area contributed by atoms with E-state index in [2.05, 4.69) is 31.0 Å². The molecule has 0 aliphatic rings. The first-order chi connectivity index (χ1) is 9.97. The summed E-state index contributed by atoms with van der Waals surface area (Å²) in [4.78, 5) is 14.2. The van der Waals surface area contributed by atoms with Gasteiger partial charge in [0.15, 0.2) is 6.10 Å². The van der Waals surface area contributed by atoms with Crippen LogP contribution in [0, 0.1) is 5.82 Å². The molecule has 1 amide bonds. The molecule has 0 heterocycles. The normalized spacial score (nSPS) is 13.8. The van der Waals surface area contributed by atoms with Crippen molar-refractivity contribution in [3.8, 4) is 5.75 Å². The van der Waals surface area contributed by atoms with Gasteiger partial charge < -0.3 is 10.1 Å². The highest BCUT2D eigenvalue weighted by Gasteiger charge is 2.17. The molecule has 1 rings (SSSR count). The van der Waals surface area contributed by atoms with Gasteiger partial charge in [0, 0.05) is 18.7 Å². The second kappa shape index (κ2) is 8.62. The van der Waals surface area contributed by atoms with E-state index in [1.807, 2.05) is 0 Å². The van der Waals surface area contributed by atoms with Crippen molar-refractivity contribution in [2.24, 2.45) is 0 Å². The predicted molar refractivity (Wildman–Crippen MR) is 81.9 cm³/mol. The molecule has 0 aliphatic carbocycles. The van der Waals surface area contributed by atoms with E-state index in [9.17, 15) is 9.18 Å². The number of halogens is 1. The Balaban J connectivity index is 2.44. The van der Waals surface area contributed by atoms with Crippen LogP contribution in [0.5, 0.6) is 5.75 Å². The lowest BCUT2D eigenvalue weighted by Gasteiger charge is -2.27. The molecule has 0 saturated carbocycles. The maximum absolute atomic E-state index is 13.1. The largest absolute Gasteiger partial charge is 0.481 e. The number of hydrogen-bond acceptors (Lipinski definition) is 3. The number of carbonyl (C=O) groups is 1. The summed E-state index contributed by atoms with van der Waals surface area (Å²) in [5.74, 6) is -0.219. The zero-order valence-corrected chi connectivity index (χ0v) is 13.2. The lowest BCUT2D eigenvalue weighted by molar-refractivity contribution is -0.127. The number of carbonyl (C=O) groups excluding carboxylic acids is 1.